The molecule has 0 radical (unpaired) electrons. The lowest BCUT2D eigenvalue weighted by atomic mass is 9.51. The highest BCUT2D eigenvalue weighted by molar-refractivity contribution is 5.96. The molecule has 4 atom stereocenters. The summed E-state index contributed by atoms with van der Waals surface area (Å²) < 4.78 is 0. The lowest BCUT2D eigenvalue weighted by molar-refractivity contribution is -0.152. The molecule has 2 aliphatic rings. The van der Waals surface area contributed by atoms with Crippen molar-refractivity contribution >= 4 is 5.78 Å². The summed E-state index contributed by atoms with van der Waals surface area (Å²) in [7, 11) is 0. The molecule has 3 heteroatoms. The van der Waals surface area contributed by atoms with Crippen molar-refractivity contribution in [3.63, 3.8) is 0 Å². The van der Waals surface area contributed by atoms with Gasteiger partial charge in [-0.2, -0.15) is 0 Å². The molecule has 1 aliphatic heterocycles. The average molecular weight is 502 g/mol. The predicted octanol–water partition coefficient (Wildman–Crippen LogP) is 6.04. The monoisotopic (exact) mass is 501 g/mol. The summed E-state index contributed by atoms with van der Waals surface area (Å²) in [6.07, 6.45) is 1.13. The second-order valence-electron chi connectivity index (χ2n) is 11.1. The van der Waals surface area contributed by atoms with E-state index in [0.717, 1.165) is 23.2 Å². The Balaban J connectivity index is 1.47. The highest BCUT2D eigenvalue weighted by Gasteiger charge is 2.61. The fourth-order valence-electron chi connectivity index (χ4n) is 7.40. The van der Waals surface area contributed by atoms with Crippen LogP contribution in [0, 0.1) is 18.8 Å². The van der Waals surface area contributed by atoms with Crippen molar-refractivity contribution in [3.05, 3.63) is 143 Å². The number of Topliss-reactive ketones (excluding diaryl/α,β-unsaturated/α-hetero) is 1. The van der Waals surface area contributed by atoms with Gasteiger partial charge >= 0.3 is 0 Å². The highest BCUT2D eigenvalue weighted by Crippen LogP contribution is 2.56. The van der Waals surface area contributed by atoms with Crippen LogP contribution in [-0.4, -0.2) is 29.6 Å². The molecule has 3 nitrogen and oxygen atoms in total. The molecule has 1 unspecified atom stereocenters. The molecule has 2 N–H and O–H groups in total. The van der Waals surface area contributed by atoms with Crippen LogP contribution in [0.15, 0.2) is 115 Å². The summed E-state index contributed by atoms with van der Waals surface area (Å²) in [5.41, 5.74) is 3.81. The van der Waals surface area contributed by atoms with Gasteiger partial charge in [0.15, 0.2) is 5.78 Å². The highest BCUT2D eigenvalue weighted by atomic mass is 16.3. The van der Waals surface area contributed by atoms with Crippen LogP contribution in [0.5, 0.6) is 0 Å². The number of ketones is 1. The van der Waals surface area contributed by atoms with Crippen molar-refractivity contribution in [3.8, 4) is 0 Å². The van der Waals surface area contributed by atoms with Gasteiger partial charge in [0.1, 0.15) is 5.60 Å². The van der Waals surface area contributed by atoms with Gasteiger partial charge in [0.2, 0.25) is 0 Å². The Bertz CT molecular complexity index is 1360. The number of rotatable bonds is 6. The van der Waals surface area contributed by atoms with Crippen LogP contribution in [0.1, 0.15) is 46.6 Å². The zero-order chi connectivity index (χ0) is 26.2. The minimum absolute atomic E-state index is 0.0774. The van der Waals surface area contributed by atoms with Crippen LogP contribution < -0.4 is 5.32 Å². The first-order valence-electron chi connectivity index (χ1n) is 13.7. The van der Waals surface area contributed by atoms with E-state index in [2.05, 4.69) is 79.0 Å². The van der Waals surface area contributed by atoms with Crippen molar-refractivity contribution in [2.75, 3.05) is 13.1 Å². The Morgan fingerprint density at radius 1 is 0.737 bits per heavy atom. The van der Waals surface area contributed by atoms with Gasteiger partial charge < -0.3 is 10.4 Å². The van der Waals surface area contributed by atoms with Crippen LogP contribution in [0.3, 0.4) is 0 Å². The normalized spacial score (nSPS) is 24.9. The molecule has 1 heterocycles. The van der Waals surface area contributed by atoms with Gasteiger partial charge in [0.25, 0.3) is 0 Å². The average Bonchev–Trinajstić information content (AvgIpc) is 3.48. The molecule has 1 saturated carbocycles. The number of carbonyl (C=O) groups excluding carboxylic acids is 1. The Morgan fingerprint density at radius 3 is 1.87 bits per heavy atom. The maximum Gasteiger partial charge on any atom is 0.176 e. The minimum Gasteiger partial charge on any atom is -0.382 e. The van der Waals surface area contributed by atoms with Gasteiger partial charge in [-0.15, -0.1) is 0 Å². The molecule has 0 aromatic heterocycles. The molecule has 4 aromatic rings. The Kier molecular flexibility index (Phi) is 6.51. The Morgan fingerprint density at radius 2 is 1.26 bits per heavy atom. The maximum atomic E-state index is 14.7. The van der Waals surface area contributed by atoms with Gasteiger partial charge in [-0.25, -0.2) is 0 Å². The molecule has 38 heavy (non-hydrogen) atoms. The first-order valence-corrected chi connectivity index (χ1v) is 13.7. The van der Waals surface area contributed by atoms with Crippen molar-refractivity contribution in [1.29, 1.82) is 0 Å². The van der Waals surface area contributed by atoms with Crippen molar-refractivity contribution < 1.29 is 9.90 Å². The molecule has 4 aromatic carbocycles. The Hall–Kier alpha value is -3.53. The minimum atomic E-state index is -1.43. The molecule has 0 bridgehead atoms. The summed E-state index contributed by atoms with van der Waals surface area (Å²) in [6, 6.07) is 39.5. The van der Waals surface area contributed by atoms with E-state index >= 15 is 0 Å². The molecule has 6 rings (SSSR count). The molecule has 2 fully saturated rings. The fourth-order valence-corrected chi connectivity index (χ4v) is 7.40. The summed E-state index contributed by atoms with van der Waals surface area (Å²) in [5, 5.41) is 16.1. The number of carbonyl (C=O) groups is 1. The SMILES string of the molecule is Cc1ccccc1C(C(=O)[C@]1(O)CCC(c2ccccc2)(c2ccccc2)[C@H]2CNC[C@H]21)c1ccccc1. The molecular formula is C35H35NO2. The first-order chi connectivity index (χ1) is 18.6. The molecule has 1 aliphatic carbocycles. The van der Waals surface area contributed by atoms with Crippen LogP contribution in [0.25, 0.3) is 0 Å². The third kappa shape index (κ3) is 3.93. The molecule has 192 valence electrons. The standard InChI is InChI=1S/C35H35NO2/c1-25-13-11-12-20-29(25)32(26-14-5-2-6-15-26)33(37)35(38)22-21-34(27-16-7-3-8-17-27,28-18-9-4-10-19-28)30-23-36-24-31(30)35/h2-20,30-32,36,38H,21-24H2,1H3/t30-,31+,32?,35-/m0/s1. The summed E-state index contributed by atoms with van der Waals surface area (Å²) in [5.74, 6) is -0.696. The second kappa shape index (κ2) is 9.98. The first kappa shape index (κ1) is 24.8. The van der Waals surface area contributed by atoms with E-state index in [-0.39, 0.29) is 23.0 Å². The zero-order valence-corrected chi connectivity index (χ0v) is 21.9. The van der Waals surface area contributed by atoms with E-state index in [1.165, 1.54) is 11.1 Å². The van der Waals surface area contributed by atoms with Crippen LogP contribution in [-0.2, 0) is 10.2 Å². The van der Waals surface area contributed by atoms with Gasteiger partial charge in [-0.1, -0.05) is 115 Å². The summed E-state index contributed by atoms with van der Waals surface area (Å²) in [4.78, 5) is 14.7. The van der Waals surface area contributed by atoms with E-state index in [9.17, 15) is 9.90 Å². The van der Waals surface area contributed by atoms with Crippen molar-refractivity contribution in [2.24, 2.45) is 11.8 Å². The third-order valence-electron chi connectivity index (χ3n) is 9.26. The number of hydrogen-bond donors (Lipinski definition) is 2. The van der Waals surface area contributed by atoms with E-state index in [4.69, 9.17) is 0 Å². The fraction of sp³-hybridized carbons (Fsp3) is 0.286. The second-order valence-corrected chi connectivity index (χ2v) is 11.1. The Labute approximate surface area is 225 Å². The molecule has 0 amide bonds. The number of nitrogens with one attached hydrogen (secondary N) is 1. The topological polar surface area (TPSA) is 49.3 Å². The zero-order valence-electron chi connectivity index (χ0n) is 21.9. The van der Waals surface area contributed by atoms with Crippen LogP contribution >= 0.6 is 0 Å². The lowest BCUT2D eigenvalue weighted by Gasteiger charge is -2.52. The lowest BCUT2D eigenvalue weighted by Crippen LogP contribution is -2.59. The van der Waals surface area contributed by atoms with Crippen molar-refractivity contribution in [2.45, 2.75) is 36.7 Å². The van der Waals surface area contributed by atoms with Crippen LogP contribution in [0.4, 0.5) is 0 Å². The summed E-state index contributed by atoms with van der Waals surface area (Å²) in [6.45, 7) is 3.45. The van der Waals surface area contributed by atoms with E-state index in [1.807, 2.05) is 48.5 Å². The quantitative estimate of drug-likeness (QED) is 0.339. The number of aryl methyl sites for hydroxylation is 1. The largest absolute Gasteiger partial charge is 0.382 e. The molecule has 1 saturated heterocycles. The maximum absolute atomic E-state index is 14.7. The smallest absolute Gasteiger partial charge is 0.176 e. The van der Waals surface area contributed by atoms with E-state index < -0.39 is 11.5 Å². The number of fused-ring (bicyclic) bond motifs is 1. The number of hydrogen-bond acceptors (Lipinski definition) is 3. The van der Waals surface area contributed by atoms with Gasteiger partial charge in [-0.05, 0) is 60.0 Å². The molecular weight excluding hydrogens is 466 g/mol. The van der Waals surface area contributed by atoms with Gasteiger partial charge in [-0.3, -0.25) is 4.79 Å². The van der Waals surface area contributed by atoms with E-state index in [1.54, 1.807) is 0 Å². The predicted molar refractivity (Wildman–Crippen MR) is 152 cm³/mol. The van der Waals surface area contributed by atoms with Gasteiger partial charge in [0, 0.05) is 17.9 Å². The van der Waals surface area contributed by atoms with Gasteiger partial charge in [0.05, 0.1) is 5.92 Å². The summed E-state index contributed by atoms with van der Waals surface area (Å²) >= 11 is 0. The number of benzene rings is 4. The van der Waals surface area contributed by atoms with Crippen molar-refractivity contribution in [1.82, 2.24) is 5.32 Å². The van der Waals surface area contributed by atoms with Crippen LogP contribution in [0.2, 0.25) is 0 Å². The third-order valence-corrected chi connectivity index (χ3v) is 9.26. The number of aliphatic hydroxyl groups is 1. The van der Waals surface area contributed by atoms with E-state index in [0.29, 0.717) is 19.4 Å². The molecule has 0 spiro atoms.